The molecule has 0 aliphatic heterocycles. The highest BCUT2D eigenvalue weighted by Gasteiger charge is 2.05. The highest BCUT2D eigenvalue weighted by atomic mass is 79.9. The van der Waals surface area contributed by atoms with Crippen molar-refractivity contribution in [3.05, 3.63) is 0 Å². The number of nitrogens with zero attached hydrogens (tertiary/aromatic N) is 2. The van der Waals surface area contributed by atoms with Crippen LogP contribution in [0.1, 0.15) is 110 Å². The van der Waals surface area contributed by atoms with E-state index in [9.17, 15) is 0 Å². The van der Waals surface area contributed by atoms with Crippen molar-refractivity contribution >= 4 is 0 Å². The molecule has 0 aliphatic carbocycles. The van der Waals surface area contributed by atoms with E-state index in [2.05, 4.69) is 40.0 Å². The average Bonchev–Trinajstić information content (AvgIpc) is 2.58. The standard InChI is InChI=1S/C24H53N2.BrH/c1-6-7-8-9-10-11-12-13-14-15-16-19-22-25(2)23-20-17-18-21-24-26(3,4)5;/h6-24H2,1-5H3;1H/q+1;/p-1. The van der Waals surface area contributed by atoms with Gasteiger partial charge in [0.05, 0.1) is 27.7 Å². The second kappa shape index (κ2) is 21.1. The predicted molar refractivity (Wildman–Crippen MR) is 120 cm³/mol. The molecule has 0 fully saturated rings. The van der Waals surface area contributed by atoms with E-state index in [-0.39, 0.29) is 17.0 Å². The molecule has 0 bridgehead atoms. The molecule has 0 amide bonds. The lowest BCUT2D eigenvalue weighted by atomic mass is 10.1. The van der Waals surface area contributed by atoms with Gasteiger partial charge in [-0.25, -0.2) is 0 Å². The van der Waals surface area contributed by atoms with Crippen LogP contribution in [0.25, 0.3) is 0 Å². The van der Waals surface area contributed by atoms with Crippen molar-refractivity contribution in [1.82, 2.24) is 4.90 Å². The molecule has 0 aliphatic rings. The van der Waals surface area contributed by atoms with E-state index < -0.39 is 0 Å². The van der Waals surface area contributed by atoms with Crippen LogP contribution in [-0.2, 0) is 0 Å². The lowest BCUT2D eigenvalue weighted by molar-refractivity contribution is -0.870. The summed E-state index contributed by atoms with van der Waals surface area (Å²) in [6, 6.07) is 0. The van der Waals surface area contributed by atoms with E-state index in [0.717, 1.165) is 4.48 Å². The van der Waals surface area contributed by atoms with Crippen molar-refractivity contribution in [3.63, 3.8) is 0 Å². The number of halogens is 1. The maximum Gasteiger partial charge on any atom is 0.0780 e. The fourth-order valence-electron chi connectivity index (χ4n) is 3.66. The summed E-state index contributed by atoms with van der Waals surface area (Å²) in [7, 11) is 9.19. The normalized spacial score (nSPS) is 11.8. The molecule has 0 N–H and O–H groups in total. The molecule has 27 heavy (non-hydrogen) atoms. The summed E-state index contributed by atoms with van der Waals surface area (Å²) >= 11 is 0. The minimum atomic E-state index is 0. The van der Waals surface area contributed by atoms with Gasteiger partial charge in [-0.1, -0.05) is 84.0 Å². The topological polar surface area (TPSA) is 3.24 Å². The maximum atomic E-state index is 2.55. The molecule has 0 aromatic rings. The Hall–Kier alpha value is 0.400. The first-order chi connectivity index (χ1) is 12.5. The third-order valence-corrected chi connectivity index (χ3v) is 5.51. The first kappa shape index (κ1) is 29.6. The number of hydrogen-bond acceptors (Lipinski definition) is 1. The zero-order chi connectivity index (χ0) is 19.5. The molecule has 0 saturated heterocycles. The van der Waals surface area contributed by atoms with Crippen LogP contribution in [0, 0.1) is 0 Å². The van der Waals surface area contributed by atoms with Crippen molar-refractivity contribution in [3.8, 4) is 0 Å². The lowest BCUT2D eigenvalue weighted by Gasteiger charge is -2.23. The van der Waals surface area contributed by atoms with E-state index >= 15 is 0 Å². The first-order valence-electron chi connectivity index (χ1n) is 11.9. The van der Waals surface area contributed by atoms with E-state index in [1.807, 2.05) is 0 Å². The Kier molecular flexibility index (Phi) is 23.2. The van der Waals surface area contributed by atoms with Crippen LogP contribution in [0.2, 0.25) is 0 Å². The Bertz CT molecular complexity index is 276. The predicted octanol–water partition coefficient (Wildman–Crippen LogP) is 3.89. The summed E-state index contributed by atoms with van der Waals surface area (Å²) in [4.78, 5) is 2.55. The quantitative estimate of drug-likeness (QED) is 0.201. The van der Waals surface area contributed by atoms with Crippen molar-refractivity contribution in [2.24, 2.45) is 0 Å². The van der Waals surface area contributed by atoms with Gasteiger partial charge >= 0.3 is 0 Å². The Morgan fingerprint density at radius 1 is 0.519 bits per heavy atom. The smallest absolute Gasteiger partial charge is 0.0780 e. The first-order valence-corrected chi connectivity index (χ1v) is 11.9. The Labute approximate surface area is 183 Å². The fraction of sp³-hybridized carbons (Fsp3) is 1.00. The minimum absolute atomic E-state index is 0. The van der Waals surface area contributed by atoms with Crippen LogP contribution < -0.4 is 17.0 Å². The third-order valence-electron chi connectivity index (χ3n) is 5.51. The van der Waals surface area contributed by atoms with E-state index in [4.69, 9.17) is 0 Å². The number of hydrogen-bond donors (Lipinski definition) is 0. The Morgan fingerprint density at radius 2 is 0.852 bits per heavy atom. The molecule has 0 radical (unpaired) electrons. The Morgan fingerprint density at radius 3 is 1.22 bits per heavy atom. The van der Waals surface area contributed by atoms with Gasteiger partial charge in [0.15, 0.2) is 0 Å². The molecule has 2 nitrogen and oxygen atoms in total. The van der Waals surface area contributed by atoms with Gasteiger partial charge in [-0.05, 0) is 45.8 Å². The number of rotatable bonds is 20. The molecule has 0 saturated carbocycles. The van der Waals surface area contributed by atoms with Crippen molar-refractivity contribution in [2.75, 3.05) is 47.8 Å². The molecule has 0 rings (SSSR count). The van der Waals surface area contributed by atoms with Crippen LogP contribution in [0.5, 0.6) is 0 Å². The highest BCUT2D eigenvalue weighted by Crippen LogP contribution is 2.12. The average molecular weight is 450 g/mol. The van der Waals surface area contributed by atoms with Crippen LogP contribution in [0.4, 0.5) is 0 Å². The van der Waals surface area contributed by atoms with Gasteiger partial charge in [-0.2, -0.15) is 0 Å². The van der Waals surface area contributed by atoms with E-state index in [1.165, 1.54) is 122 Å². The minimum Gasteiger partial charge on any atom is -1.00 e. The SMILES string of the molecule is CCCCCCCCCCCCCCN(C)CCCCCC[N+](C)(C)C.[Br-]. The summed E-state index contributed by atoms with van der Waals surface area (Å²) in [5.41, 5.74) is 0. The zero-order valence-corrected chi connectivity index (χ0v) is 21.3. The molecule has 0 aromatic heterocycles. The van der Waals surface area contributed by atoms with Gasteiger partial charge in [0.1, 0.15) is 0 Å². The van der Waals surface area contributed by atoms with Crippen LogP contribution in [-0.4, -0.2) is 57.2 Å². The molecule has 0 unspecified atom stereocenters. The van der Waals surface area contributed by atoms with Gasteiger partial charge in [-0.15, -0.1) is 0 Å². The lowest BCUT2D eigenvalue weighted by Crippen LogP contribution is -3.00. The Balaban J connectivity index is 0. The van der Waals surface area contributed by atoms with E-state index in [0.29, 0.717) is 0 Å². The van der Waals surface area contributed by atoms with Crippen LogP contribution in [0.3, 0.4) is 0 Å². The van der Waals surface area contributed by atoms with Crippen molar-refractivity contribution < 1.29 is 21.5 Å². The summed E-state index contributed by atoms with van der Waals surface area (Å²) in [5.74, 6) is 0. The number of quaternary nitrogens is 1. The molecule has 0 heterocycles. The number of unbranched alkanes of at least 4 members (excludes halogenated alkanes) is 14. The van der Waals surface area contributed by atoms with Crippen molar-refractivity contribution in [2.45, 2.75) is 110 Å². The largest absolute Gasteiger partial charge is 1.00 e. The second-order valence-corrected chi connectivity index (χ2v) is 9.62. The van der Waals surface area contributed by atoms with Gasteiger partial charge in [0, 0.05) is 0 Å². The summed E-state index contributed by atoms with van der Waals surface area (Å²) in [6.45, 7) is 6.21. The molecule has 166 valence electrons. The van der Waals surface area contributed by atoms with Gasteiger partial charge < -0.3 is 26.4 Å². The molecule has 3 heteroatoms. The van der Waals surface area contributed by atoms with Crippen LogP contribution in [0.15, 0.2) is 0 Å². The molecular weight excluding hydrogens is 396 g/mol. The molecule has 0 spiro atoms. The monoisotopic (exact) mass is 448 g/mol. The second-order valence-electron chi connectivity index (χ2n) is 9.62. The molecule has 0 atom stereocenters. The summed E-state index contributed by atoms with van der Waals surface area (Å²) in [5, 5.41) is 0. The third kappa shape index (κ3) is 26.4. The zero-order valence-electron chi connectivity index (χ0n) is 19.7. The van der Waals surface area contributed by atoms with E-state index in [1.54, 1.807) is 0 Å². The maximum absolute atomic E-state index is 2.55. The summed E-state index contributed by atoms with van der Waals surface area (Å²) < 4.78 is 1.11. The summed E-state index contributed by atoms with van der Waals surface area (Å²) in [6.07, 6.45) is 22.9. The van der Waals surface area contributed by atoms with Gasteiger partial charge in [0.2, 0.25) is 0 Å². The van der Waals surface area contributed by atoms with Crippen LogP contribution >= 0.6 is 0 Å². The molecule has 0 aromatic carbocycles. The molecular formula is C24H53BrN2. The van der Waals surface area contributed by atoms with Crippen molar-refractivity contribution in [1.29, 1.82) is 0 Å². The fourth-order valence-corrected chi connectivity index (χ4v) is 3.66. The van der Waals surface area contributed by atoms with Gasteiger partial charge in [-0.3, -0.25) is 0 Å². The highest BCUT2D eigenvalue weighted by molar-refractivity contribution is 4.54. The van der Waals surface area contributed by atoms with Gasteiger partial charge in [0.25, 0.3) is 0 Å².